The summed E-state index contributed by atoms with van der Waals surface area (Å²) in [5.41, 5.74) is 1.19. The summed E-state index contributed by atoms with van der Waals surface area (Å²) in [5.74, 6) is 0. The van der Waals surface area contributed by atoms with Crippen molar-refractivity contribution in [3.05, 3.63) is 11.9 Å². The molecule has 1 aromatic heterocycles. The SMILES string of the molecule is CC(C)N(C)C(C)(C)n1cc(C(C)(C)CC(C)(C)C)nn1. The van der Waals surface area contributed by atoms with E-state index in [1.165, 1.54) is 0 Å². The molecule has 0 aromatic carbocycles. The van der Waals surface area contributed by atoms with Crippen LogP contribution in [-0.2, 0) is 11.1 Å². The summed E-state index contributed by atoms with van der Waals surface area (Å²) in [7, 11) is 2.13. The first kappa shape index (κ1) is 18.1. The van der Waals surface area contributed by atoms with Crippen molar-refractivity contribution in [1.29, 1.82) is 0 Å². The maximum absolute atomic E-state index is 4.47. The van der Waals surface area contributed by atoms with Crippen molar-refractivity contribution >= 4 is 0 Å². The van der Waals surface area contributed by atoms with E-state index in [-0.39, 0.29) is 16.5 Å². The molecule has 0 amide bonds. The fourth-order valence-electron chi connectivity index (χ4n) is 3.05. The van der Waals surface area contributed by atoms with Gasteiger partial charge in [0.1, 0.15) is 5.66 Å². The van der Waals surface area contributed by atoms with Crippen molar-refractivity contribution in [1.82, 2.24) is 19.9 Å². The fraction of sp³-hybridized carbons (Fsp3) is 0.882. The highest BCUT2D eigenvalue weighted by molar-refractivity contribution is 5.10. The average molecular weight is 294 g/mol. The summed E-state index contributed by atoms with van der Waals surface area (Å²) in [6.45, 7) is 20.1. The normalized spacial score (nSPS) is 14.3. The number of hydrogen-bond donors (Lipinski definition) is 0. The monoisotopic (exact) mass is 294 g/mol. The quantitative estimate of drug-likeness (QED) is 0.822. The van der Waals surface area contributed by atoms with Crippen LogP contribution in [0.5, 0.6) is 0 Å². The number of hydrogen-bond acceptors (Lipinski definition) is 3. The molecule has 0 spiro atoms. The Bertz CT molecular complexity index is 463. The molecule has 0 N–H and O–H groups in total. The minimum absolute atomic E-state index is 0.0307. The molecule has 122 valence electrons. The zero-order chi connectivity index (χ0) is 16.6. The lowest BCUT2D eigenvalue weighted by atomic mass is 9.74. The van der Waals surface area contributed by atoms with Crippen molar-refractivity contribution in [3.8, 4) is 0 Å². The van der Waals surface area contributed by atoms with Crippen LogP contribution in [0.4, 0.5) is 0 Å². The summed E-state index contributed by atoms with van der Waals surface area (Å²) in [4.78, 5) is 2.31. The van der Waals surface area contributed by atoms with E-state index in [9.17, 15) is 0 Å². The molecule has 4 heteroatoms. The van der Waals surface area contributed by atoms with Crippen LogP contribution >= 0.6 is 0 Å². The zero-order valence-corrected chi connectivity index (χ0v) is 15.7. The number of nitrogens with zero attached hydrogens (tertiary/aromatic N) is 4. The smallest absolute Gasteiger partial charge is 0.111 e. The van der Waals surface area contributed by atoms with Crippen molar-refractivity contribution in [3.63, 3.8) is 0 Å². The summed E-state index contributed by atoms with van der Waals surface area (Å²) < 4.78 is 1.99. The molecule has 0 aliphatic carbocycles. The molecule has 1 rings (SSSR count). The Morgan fingerprint density at radius 3 is 2.05 bits per heavy atom. The second kappa shape index (κ2) is 5.71. The Morgan fingerprint density at radius 2 is 1.62 bits per heavy atom. The minimum Gasteiger partial charge on any atom is -0.280 e. The summed E-state index contributed by atoms with van der Waals surface area (Å²) in [5, 5.41) is 8.88. The van der Waals surface area contributed by atoms with Gasteiger partial charge in [-0.1, -0.05) is 39.8 Å². The third kappa shape index (κ3) is 4.29. The second-order valence-corrected chi connectivity index (χ2v) is 8.87. The zero-order valence-electron chi connectivity index (χ0n) is 15.7. The maximum atomic E-state index is 4.47. The van der Waals surface area contributed by atoms with Gasteiger partial charge in [0, 0.05) is 11.5 Å². The van der Waals surface area contributed by atoms with Gasteiger partial charge in [0.25, 0.3) is 0 Å². The Hall–Kier alpha value is -0.900. The van der Waals surface area contributed by atoms with Crippen LogP contribution in [0.3, 0.4) is 0 Å². The molecular weight excluding hydrogens is 260 g/mol. The summed E-state index contributed by atoms with van der Waals surface area (Å²) in [6, 6.07) is 0.454. The van der Waals surface area contributed by atoms with Crippen LogP contribution in [0.15, 0.2) is 6.20 Å². The lowest BCUT2D eigenvalue weighted by Crippen LogP contribution is -2.47. The lowest BCUT2D eigenvalue weighted by Gasteiger charge is -2.38. The van der Waals surface area contributed by atoms with Crippen molar-refractivity contribution in [2.45, 2.75) is 85.9 Å². The predicted molar refractivity (Wildman–Crippen MR) is 89.3 cm³/mol. The molecule has 0 aliphatic heterocycles. The fourth-order valence-corrected chi connectivity index (χ4v) is 3.05. The van der Waals surface area contributed by atoms with Crippen molar-refractivity contribution in [2.75, 3.05) is 7.05 Å². The van der Waals surface area contributed by atoms with E-state index in [1.807, 2.05) is 4.68 Å². The van der Waals surface area contributed by atoms with Gasteiger partial charge in [-0.15, -0.1) is 5.10 Å². The van der Waals surface area contributed by atoms with Gasteiger partial charge >= 0.3 is 0 Å². The molecule has 0 bridgehead atoms. The predicted octanol–water partition coefficient (Wildman–Crippen LogP) is 4.02. The first-order valence-corrected chi connectivity index (χ1v) is 7.93. The van der Waals surface area contributed by atoms with Crippen LogP contribution in [0, 0.1) is 5.41 Å². The third-order valence-corrected chi connectivity index (χ3v) is 4.36. The van der Waals surface area contributed by atoms with E-state index in [2.05, 4.69) is 90.8 Å². The van der Waals surface area contributed by atoms with Gasteiger partial charge in [-0.2, -0.15) is 0 Å². The van der Waals surface area contributed by atoms with Crippen molar-refractivity contribution < 1.29 is 0 Å². The molecule has 0 unspecified atom stereocenters. The molecular formula is C17H34N4. The van der Waals surface area contributed by atoms with Gasteiger partial charge in [-0.05, 0) is 46.6 Å². The Labute approximate surface area is 130 Å². The van der Waals surface area contributed by atoms with Crippen molar-refractivity contribution in [2.24, 2.45) is 5.41 Å². The van der Waals surface area contributed by atoms with Crippen LogP contribution in [0.25, 0.3) is 0 Å². The minimum atomic E-state index is -0.183. The van der Waals surface area contributed by atoms with E-state index in [0.717, 1.165) is 12.1 Å². The molecule has 0 saturated heterocycles. The van der Waals surface area contributed by atoms with Crippen LogP contribution < -0.4 is 0 Å². The van der Waals surface area contributed by atoms with Gasteiger partial charge in [0.15, 0.2) is 0 Å². The second-order valence-electron chi connectivity index (χ2n) is 8.87. The molecule has 0 aliphatic rings. The molecule has 21 heavy (non-hydrogen) atoms. The Morgan fingerprint density at radius 1 is 1.10 bits per heavy atom. The van der Waals surface area contributed by atoms with Gasteiger partial charge in [0.2, 0.25) is 0 Å². The van der Waals surface area contributed by atoms with Crippen LogP contribution in [-0.4, -0.2) is 33.0 Å². The van der Waals surface area contributed by atoms with E-state index in [0.29, 0.717) is 6.04 Å². The van der Waals surface area contributed by atoms with E-state index >= 15 is 0 Å². The first-order chi connectivity index (χ1) is 9.27. The highest BCUT2D eigenvalue weighted by Gasteiger charge is 2.33. The summed E-state index contributed by atoms with van der Waals surface area (Å²) in [6.07, 6.45) is 3.20. The van der Waals surface area contributed by atoms with E-state index in [4.69, 9.17) is 0 Å². The van der Waals surface area contributed by atoms with E-state index < -0.39 is 0 Å². The maximum Gasteiger partial charge on any atom is 0.111 e. The van der Waals surface area contributed by atoms with E-state index in [1.54, 1.807) is 0 Å². The molecule has 1 aromatic rings. The van der Waals surface area contributed by atoms with Gasteiger partial charge < -0.3 is 0 Å². The molecule has 0 fully saturated rings. The number of rotatable bonds is 5. The highest BCUT2D eigenvalue weighted by atomic mass is 15.5. The highest BCUT2D eigenvalue weighted by Crippen LogP contribution is 2.35. The van der Waals surface area contributed by atoms with Crippen LogP contribution in [0.1, 0.15) is 74.4 Å². The molecule has 1 heterocycles. The Balaban J connectivity index is 3.06. The average Bonchev–Trinajstić information content (AvgIpc) is 2.74. The molecule has 0 atom stereocenters. The van der Waals surface area contributed by atoms with Gasteiger partial charge in [-0.3, -0.25) is 4.90 Å². The molecule has 0 saturated carbocycles. The molecule has 4 nitrogen and oxygen atoms in total. The van der Waals surface area contributed by atoms with Crippen LogP contribution in [0.2, 0.25) is 0 Å². The van der Waals surface area contributed by atoms with Gasteiger partial charge in [0.05, 0.1) is 11.9 Å². The summed E-state index contributed by atoms with van der Waals surface area (Å²) >= 11 is 0. The Kier molecular flexibility index (Phi) is 4.94. The topological polar surface area (TPSA) is 34.0 Å². The largest absolute Gasteiger partial charge is 0.280 e. The first-order valence-electron chi connectivity index (χ1n) is 7.93. The third-order valence-electron chi connectivity index (χ3n) is 4.36. The number of aromatic nitrogens is 3. The molecule has 0 radical (unpaired) electrons. The standard InChI is InChI=1S/C17H34N4/c1-13(2)20(10)17(8,9)21-11-14(18-19-21)16(6,7)12-15(3,4)5/h11,13H,12H2,1-10H3. The lowest BCUT2D eigenvalue weighted by molar-refractivity contribution is 0.0374. The van der Waals surface area contributed by atoms with Gasteiger partial charge in [-0.25, -0.2) is 4.68 Å².